The summed E-state index contributed by atoms with van der Waals surface area (Å²) in [7, 11) is 0. The monoisotopic (exact) mass is 420 g/mol. The minimum atomic E-state index is -0.721. The molecule has 2 aliphatic rings. The zero-order valence-corrected chi connectivity index (χ0v) is 18.5. The number of pyridine rings is 1. The van der Waals surface area contributed by atoms with Crippen molar-refractivity contribution in [3.63, 3.8) is 0 Å². The van der Waals surface area contributed by atoms with Crippen molar-refractivity contribution in [3.8, 4) is 0 Å². The number of aromatic nitrogens is 1. The quantitative estimate of drug-likeness (QED) is 0.643. The van der Waals surface area contributed by atoms with Gasteiger partial charge in [0, 0.05) is 38.6 Å². The molecule has 2 aliphatic heterocycles. The second-order valence-electron chi connectivity index (χ2n) is 9.15. The van der Waals surface area contributed by atoms with Crippen LogP contribution in [0.15, 0.2) is 54.9 Å². The van der Waals surface area contributed by atoms with Gasteiger partial charge in [0.2, 0.25) is 0 Å². The molecule has 6 heteroatoms. The number of benzene rings is 1. The van der Waals surface area contributed by atoms with E-state index in [0.29, 0.717) is 25.3 Å². The van der Waals surface area contributed by atoms with Gasteiger partial charge in [-0.25, -0.2) is 4.79 Å². The lowest BCUT2D eigenvalue weighted by Gasteiger charge is -2.42. The van der Waals surface area contributed by atoms with Crippen LogP contribution in [0.2, 0.25) is 0 Å². The number of hydrogen-bond donors (Lipinski definition) is 0. The molecular formula is C25H32N4O2. The first kappa shape index (κ1) is 21.5. The largest absolute Gasteiger partial charge is 0.328 e. The summed E-state index contributed by atoms with van der Waals surface area (Å²) in [6.07, 6.45) is 5.57. The summed E-state index contributed by atoms with van der Waals surface area (Å²) in [5.41, 5.74) is 1.34. The van der Waals surface area contributed by atoms with Crippen LogP contribution in [0.4, 0.5) is 4.79 Å². The SMILES string of the molecule is CC(C)CN1CCC2(CC1)C(=O)N(Cc1cccnc1)C(=O)N2CCc1ccccc1. The Morgan fingerprint density at radius 3 is 2.35 bits per heavy atom. The summed E-state index contributed by atoms with van der Waals surface area (Å²) in [6.45, 7) is 8.00. The standard InChI is InChI=1S/C25H32N4O2/c1-20(2)18-27-15-11-25(12-16-27)23(30)28(19-22-9-6-13-26-17-22)24(31)29(25)14-10-21-7-4-3-5-8-21/h3-9,13,17,20H,10-12,14-16,18-19H2,1-2H3. The second-order valence-corrected chi connectivity index (χ2v) is 9.15. The number of urea groups is 1. The van der Waals surface area contributed by atoms with Crippen molar-refractivity contribution in [2.24, 2.45) is 5.92 Å². The molecule has 6 nitrogen and oxygen atoms in total. The molecule has 0 aliphatic carbocycles. The molecule has 1 aromatic carbocycles. The minimum absolute atomic E-state index is 0.0430. The highest BCUT2D eigenvalue weighted by atomic mass is 16.2. The van der Waals surface area contributed by atoms with E-state index in [-0.39, 0.29) is 18.5 Å². The van der Waals surface area contributed by atoms with Gasteiger partial charge in [0.15, 0.2) is 0 Å². The molecule has 1 spiro atoms. The Labute approximate surface area is 184 Å². The molecule has 0 bridgehead atoms. The van der Waals surface area contributed by atoms with E-state index in [1.54, 1.807) is 12.4 Å². The third-order valence-corrected chi connectivity index (χ3v) is 6.46. The fourth-order valence-corrected chi connectivity index (χ4v) is 4.90. The van der Waals surface area contributed by atoms with Crippen LogP contribution in [0.5, 0.6) is 0 Å². The normalized spacial score (nSPS) is 19.1. The summed E-state index contributed by atoms with van der Waals surface area (Å²) in [4.78, 5) is 37.0. The predicted molar refractivity (Wildman–Crippen MR) is 120 cm³/mol. The van der Waals surface area contributed by atoms with Crippen molar-refractivity contribution in [2.45, 2.75) is 45.2 Å². The van der Waals surface area contributed by atoms with Crippen LogP contribution >= 0.6 is 0 Å². The lowest BCUT2D eigenvalue weighted by atomic mass is 9.85. The molecular weight excluding hydrogens is 388 g/mol. The van der Waals surface area contributed by atoms with Gasteiger partial charge in [0.25, 0.3) is 5.91 Å². The van der Waals surface area contributed by atoms with Gasteiger partial charge in [0.05, 0.1) is 6.54 Å². The molecule has 0 saturated carbocycles. The molecule has 0 unspecified atom stereocenters. The summed E-state index contributed by atoms with van der Waals surface area (Å²) >= 11 is 0. The topological polar surface area (TPSA) is 56.8 Å². The van der Waals surface area contributed by atoms with Crippen LogP contribution < -0.4 is 0 Å². The molecule has 1 aromatic heterocycles. The lowest BCUT2D eigenvalue weighted by Crippen LogP contribution is -2.57. The Bertz CT molecular complexity index is 892. The molecule has 2 saturated heterocycles. The number of carbonyl (C=O) groups excluding carboxylic acids is 2. The van der Waals surface area contributed by atoms with E-state index in [2.05, 4.69) is 35.9 Å². The van der Waals surface area contributed by atoms with Gasteiger partial charge >= 0.3 is 6.03 Å². The Kier molecular flexibility index (Phi) is 6.37. The minimum Gasteiger partial charge on any atom is -0.309 e. The molecule has 164 valence electrons. The van der Waals surface area contributed by atoms with E-state index >= 15 is 0 Å². The highest BCUT2D eigenvalue weighted by Crippen LogP contribution is 2.38. The number of rotatable bonds is 7. The maximum Gasteiger partial charge on any atom is 0.328 e. The molecule has 3 amide bonds. The van der Waals surface area contributed by atoms with Gasteiger partial charge in [-0.2, -0.15) is 0 Å². The van der Waals surface area contributed by atoms with Crippen LogP contribution in [0, 0.1) is 5.92 Å². The van der Waals surface area contributed by atoms with Gasteiger partial charge in [-0.1, -0.05) is 50.2 Å². The first-order chi connectivity index (χ1) is 15.0. The number of piperidine rings is 1. The van der Waals surface area contributed by atoms with Crippen LogP contribution in [0.3, 0.4) is 0 Å². The van der Waals surface area contributed by atoms with Crippen molar-refractivity contribution in [1.29, 1.82) is 0 Å². The fourth-order valence-electron chi connectivity index (χ4n) is 4.90. The third kappa shape index (κ3) is 4.49. The first-order valence-corrected chi connectivity index (χ1v) is 11.3. The van der Waals surface area contributed by atoms with Crippen LogP contribution in [0.1, 0.15) is 37.8 Å². The number of hydrogen-bond acceptors (Lipinski definition) is 4. The van der Waals surface area contributed by atoms with Gasteiger partial charge in [-0.15, -0.1) is 0 Å². The number of carbonyl (C=O) groups is 2. The average Bonchev–Trinajstić information content (AvgIpc) is 2.96. The maximum absolute atomic E-state index is 13.7. The average molecular weight is 421 g/mol. The molecule has 0 atom stereocenters. The molecule has 0 radical (unpaired) electrons. The Hall–Kier alpha value is -2.73. The zero-order chi connectivity index (χ0) is 21.8. The van der Waals surface area contributed by atoms with Gasteiger partial charge in [-0.3, -0.25) is 14.7 Å². The van der Waals surface area contributed by atoms with Gasteiger partial charge < -0.3 is 9.80 Å². The van der Waals surface area contributed by atoms with Crippen molar-refractivity contribution in [2.75, 3.05) is 26.2 Å². The number of imide groups is 1. The van der Waals surface area contributed by atoms with E-state index in [1.807, 2.05) is 35.2 Å². The van der Waals surface area contributed by atoms with Gasteiger partial charge in [0.1, 0.15) is 5.54 Å². The smallest absolute Gasteiger partial charge is 0.309 e. The molecule has 2 aromatic rings. The Morgan fingerprint density at radius 1 is 1.00 bits per heavy atom. The lowest BCUT2D eigenvalue weighted by molar-refractivity contribution is -0.136. The van der Waals surface area contributed by atoms with Crippen molar-refractivity contribution in [1.82, 2.24) is 19.7 Å². The van der Waals surface area contributed by atoms with Crippen molar-refractivity contribution in [3.05, 3.63) is 66.0 Å². The number of nitrogens with zero attached hydrogens (tertiary/aromatic N) is 4. The van der Waals surface area contributed by atoms with E-state index < -0.39 is 5.54 Å². The number of amides is 3. The molecule has 3 heterocycles. The van der Waals surface area contributed by atoms with E-state index in [4.69, 9.17) is 0 Å². The summed E-state index contributed by atoms with van der Waals surface area (Å²) in [5.74, 6) is 0.546. The van der Waals surface area contributed by atoms with Crippen LogP contribution in [0.25, 0.3) is 0 Å². The highest BCUT2D eigenvalue weighted by molar-refractivity contribution is 6.07. The molecule has 4 rings (SSSR count). The van der Waals surface area contributed by atoms with Crippen LogP contribution in [-0.2, 0) is 17.8 Å². The summed E-state index contributed by atoms with van der Waals surface area (Å²) in [6, 6.07) is 13.8. The van der Waals surface area contributed by atoms with E-state index in [1.165, 1.54) is 10.5 Å². The van der Waals surface area contributed by atoms with Gasteiger partial charge in [-0.05, 0) is 42.4 Å². The predicted octanol–water partition coefficient (Wildman–Crippen LogP) is 3.58. The molecule has 31 heavy (non-hydrogen) atoms. The number of likely N-dealkylation sites (tertiary alicyclic amines) is 1. The van der Waals surface area contributed by atoms with Crippen molar-refractivity contribution < 1.29 is 9.59 Å². The van der Waals surface area contributed by atoms with E-state index in [9.17, 15) is 9.59 Å². The zero-order valence-electron chi connectivity index (χ0n) is 18.5. The third-order valence-electron chi connectivity index (χ3n) is 6.46. The first-order valence-electron chi connectivity index (χ1n) is 11.3. The molecule has 0 N–H and O–H groups in total. The Balaban J connectivity index is 1.56. The Morgan fingerprint density at radius 2 is 1.71 bits per heavy atom. The second kappa shape index (κ2) is 9.18. The van der Waals surface area contributed by atoms with E-state index in [0.717, 1.165) is 31.6 Å². The fraction of sp³-hybridized carbons (Fsp3) is 0.480. The van der Waals surface area contributed by atoms with Crippen LogP contribution in [-0.4, -0.2) is 63.3 Å². The van der Waals surface area contributed by atoms with Crippen molar-refractivity contribution >= 4 is 11.9 Å². The summed E-state index contributed by atoms with van der Waals surface area (Å²) in [5, 5.41) is 0. The maximum atomic E-state index is 13.7. The molecule has 2 fully saturated rings. The highest BCUT2D eigenvalue weighted by Gasteiger charge is 2.57. The summed E-state index contributed by atoms with van der Waals surface area (Å²) < 4.78 is 0.